The van der Waals surface area contributed by atoms with E-state index < -0.39 is 0 Å². The minimum Gasteiger partial charge on any atom is -0.328 e. The van der Waals surface area contributed by atoms with Crippen molar-refractivity contribution < 1.29 is 4.79 Å². The van der Waals surface area contributed by atoms with Crippen molar-refractivity contribution in [1.82, 2.24) is 19.7 Å². The molecular weight excluding hydrogens is 334 g/mol. The standard InChI is InChI=1S/C18H21N5OS/c1-4-25-17-21-16-20-12-8-18(2,3)9-13(24)14(12)15(23(16)22-17)11-6-5-7-19-10-11/h5-7,10,15H,4,8-9H2,1-3H3,(H,20,21,22)/t15-/m0/s1. The van der Waals surface area contributed by atoms with Crippen molar-refractivity contribution in [3.05, 3.63) is 41.4 Å². The van der Waals surface area contributed by atoms with Crippen molar-refractivity contribution >= 4 is 23.5 Å². The van der Waals surface area contributed by atoms with Crippen molar-refractivity contribution in [2.75, 3.05) is 11.1 Å². The third-order valence-electron chi connectivity index (χ3n) is 4.59. The van der Waals surface area contributed by atoms with Gasteiger partial charge in [-0.2, -0.15) is 4.98 Å². The number of carbonyl (C=O) groups is 1. The minimum absolute atomic E-state index is 0.0500. The molecule has 0 bridgehead atoms. The molecule has 4 rings (SSSR count). The third kappa shape index (κ3) is 2.86. The van der Waals surface area contributed by atoms with Crippen LogP contribution in [0.3, 0.4) is 0 Å². The Morgan fingerprint density at radius 2 is 2.24 bits per heavy atom. The minimum atomic E-state index is -0.262. The molecule has 0 spiro atoms. The first-order valence-corrected chi connectivity index (χ1v) is 9.49. The van der Waals surface area contributed by atoms with Crippen molar-refractivity contribution in [2.24, 2.45) is 5.41 Å². The Morgan fingerprint density at radius 1 is 1.40 bits per heavy atom. The van der Waals surface area contributed by atoms with Gasteiger partial charge >= 0.3 is 0 Å². The highest BCUT2D eigenvalue weighted by Gasteiger charge is 2.41. The molecule has 0 radical (unpaired) electrons. The number of thioether (sulfide) groups is 1. The zero-order valence-electron chi connectivity index (χ0n) is 14.6. The fourth-order valence-corrected chi connectivity index (χ4v) is 4.18. The second kappa shape index (κ2) is 5.98. The number of Topliss-reactive ketones (excluding diaryl/α,β-unsaturated/α-hetero) is 1. The average molecular weight is 355 g/mol. The molecule has 25 heavy (non-hydrogen) atoms. The van der Waals surface area contributed by atoms with Gasteiger partial charge in [-0.25, -0.2) is 4.68 Å². The van der Waals surface area contributed by atoms with Crippen LogP contribution in [0, 0.1) is 5.41 Å². The molecule has 130 valence electrons. The number of pyridine rings is 1. The largest absolute Gasteiger partial charge is 0.328 e. The number of hydrogen-bond donors (Lipinski definition) is 1. The molecule has 3 heterocycles. The first-order valence-electron chi connectivity index (χ1n) is 8.51. The zero-order chi connectivity index (χ0) is 17.6. The summed E-state index contributed by atoms with van der Waals surface area (Å²) in [5, 5.41) is 8.76. The van der Waals surface area contributed by atoms with Crippen LogP contribution in [-0.2, 0) is 4.79 Å². The number of rotatable bonds is 3. The normalized spacial score (nSPS) is 21.6. The van der Waals surface area contributed by atoms with Crippen LogP contribution in [0.25, 0.3) is 0 Å². The Morgan fingerprint density at radius 3 is 2.96 bits per heavy atom. The SMILES string of the molecule is CCSc1nc2n(n1)[C@@H](c1cccnc1)C1=C(CC(C)(C)CC1=O)N2. The molecule has 1 aliphatic carbocycles. The van der Waals surface area contributed by atoms with E-state index in [9.17, 15) is 4.79 Å². The fourth-order valence-electron chi connectivity index (χ4n) is 3.63. The highest BCUT2D eigenvalue weighted by molar-refractivity contribution is 7.99. The summed E-state index contributed by atoms with van der Waals surface area (Å²) in [6.45, 7) is 6.34. The molecule has 0 aromatic carbocycles. The van der Waals surface area contributed by atoms with E-state index in [2.05, 4.69) is 41.2 Å². The van der Waals surface area contributed by atoms with Crippen LogP contribution in [0.5, 0.6) is 0 Å². The Hall–Kier alpha value is -2.15. The second-order valence-corrected chi connectivity index (χ2v) is 8.47. The van der Waals surface area contributed by atoms with E-state index in [0.717, 1.165) is 34.2 Å². The van der Waals surface area contributed by atoms with Gasteiger partial charge < -0.3 is 5.32 Å². The van der Waals surface area contributed by atoms with E-state index >= 15 is 0 Å². The van der Waals surface area contributed by atoms with Crippen molar-refractivity contribution in [2.45, 2.75) is 44.8 Å². The van der Waals surface area contributed by atoms with Gasteiger partial charge in [0.05, 0.1) is 0 Å². The Bertz CT molecular complexity index is 856. The number of carbonyl (C=O) groups excluding carboxylic acids is 1. The Labute approximate surface area is 151 Å². The molecule has 0 saturated carbocycles. The summed E-state index contributed by atoms with van der Waals surface area (Å²) in [7, 11) is 0. The number of allylic oxidation sites excluding steroid dienone is 2. The molecule has 7 heteroatoms. The van der Waals surface area contributed by atoms with E-state index in [1.54, 1.807) is 18.0 Å². The van der Waals surface area contributed by atoms with Crippen molar-refractivity contribution in [3.63, 3.8) is 0 Å². The summed E-state index contributed by atoms with van der Waals surface area (Å²) in [5.41, 5.74) is 2.69. The first-order chi connectivity index (χ1) is 12.0. The van der Waals surface area contributed by atoms with Gasteiger partial charge in [0.2, 0.25) is 11.1 Å². The van der Waals surface area contributed by atoms with Crippen molar-refractivity contribution in [1.29, 1.82) is 0 Å². The predicted molar refractivity (Wildman–Crippen MR) is 97.5 cm³/mol. The first kappa shape index (κ1) is 16.3. The maximum absolute atomic E-state index is 13.0. The number of hydrogen-bond acceptors (Lipinski definition) is 6. The molecule has 6 nitrogen and oxygen atoms in total. The summed E-state index contributed by atoms with van der Waals surface area (Å²) >= 11 is 1.60. The Balaban J connectivity index is 1.88. The molecule has 1 atom stereocenters. The van der Waals surface area contributed by atoms with Crippen LogP contribution in [0.4, 0.5) is 5.95 Å². The molecule has 2 aromatic rings. The van der Waals surface area contributed by atoms with E-state index in [1.165, 1.54) is 0 Å². The van der Waals surface area contributed by atoms with Crippen molar-refractivity contribution in [3.8, 4) is 0 Å². The smallest absolute Gasteiger partial charge is 0.227 e. The van der Waals surface area contributed by atoms with Gasteiger partial charge in [-0.15, -0.1) is 5.10 Å². The number of nitrogens with one attached hydrogen (secondary N) is 1. The molecule has 0 unspecified atom stereocenters. The number of ketones is 1. The molecule has 1 N–H and O–H groups in total. The molecule has 2 aliphatic rings. The van der Waals surface area contributed by atoms with Crippen LogP contribution in [0.2, 0.25) is 0 Å². The van der Waals surface area contributed by atoms with Gasteiger partial charge in [0, 0.05) is 30.1 Å². The fraction of sp³-hybridized carbons (Fsp3) is 0.444. The monoisotopic (exact) mass is 355 g/mol. The number of fused-ring (bicyclic) bond motifs is 1. The van der Waals surface area contributed by atoms with Gasteiger partial charge in [-0.05, 0) is 29.2 Å². The van der Waals surface area contributed by atoms with Crippen LogP contribution in [0.15, 0.2) is 41.0 Å². The summed E-state index contributed by atoms with van der Waals surface area (Å²) in [6, 6.07) is 3.63. The van der Waals surface area contributed by atoms with Gasteiger partial charge in [0.15, 0.2) is 5.78 Å². The number of anilines is 1. The summed E-state index contributed by atoms with van der Waals surface area (Å²) in [6.07, 6.45) is 4.93. The lowest BCUT2D eigenvalue weighted by molar-refractivity contribution is -0.118. The van der Waals surface area contributed by atoms with Gasteiger partial charge in [0.1, 0.15) is 6.04 Å². The maximum Gasteiger partial charge on any atom is 0.227 e. The number of aromatic nitrogens is 4. The van der Waals surface area contributed by atoms with E-state index in [4.69, 9.17) is 0 Å². The maximum atomic E-state index is 13.0. The summed E-state index contributed by atoms with van der Waals surface area (Å²) < 4.78 is 1.84. The van der Waals surface area contributed by atoms with Crippen LogP contribution in [-0.4, -0.2) is 31.3 Å². The third-order valence-corrected chi connectivity index (χ3v) is 5.31. The van der Waals surface area contributed by atoms with Gasteiger partial charge in [-0.3, -0.25) is 9.78 Å². The lowest BCUT2D eigenvalue weighted by Gasteiger charge is -2.38. The number of nitrogens with zero attached hydrogens (tertiary/aromatic N) is 4. The highest BCUT2D eigenvalue weighted by atomic mass is 32.2. The molecule has 1 aliphatic heterocycles. The zero-order valence-corrected chi connectivity index (χ0v) is 15.4. The Kier molecular flexibility index (Phi) is 3.91. The van der Waals surface area contributed by atoms with Gasteiger partial charge in [-0.1, -0.05) is 38.6 Å². The second-order valence-electron chi connectivity index (χ2n) is 7.24. The molecular formula is C18H21N5OS. The predicted octanol–water partition coefficient (Wildman–Crippen LogP) is 3.44. The molecule has 0 fully saturated rings. The molecule has 2 aromatic heterocycles. The van der Waals surface area contributed by atoms with Crippen LogP contribution in [0.1, 0.15) is 45.2 Å². The van der Waals surface area contributed by atoms with Gasteiger partial charge in [0.25, 0.3) is 0 Å². The van der Waals surface area contributed by atoms with Crippen LogP contribution >= 0.6 is 11.8 Å². The average Bonchev–Trinajstić information content (AvgIpc) is 2.95. The van der Waals surface area contributed by atoms with E-state index in [1.807, 2.05) is 23.0 Å². The lowest BCUT2D eigenvalue weighted by Crippen LogP contribution is -2.36. The van der Waals surface area contributed by atoms with Crippen LogP contribution < -0.4 is 5.32 Å². The van der Waals surface area contributed by atoms with E-state index in [-0.39, 0.29) is 17.2 Å². The molecule has 0 amide bonds. The summed E-state index contributed by atoms with van der Waals surface area (Å²) in [5.74, 6) is 1.78. The van der Waals surface area contributed by atoms with E-state index in [0.29, 0.717) is 12.4 Å². The highest BCUT2D eigenvalue weighted by Crippen LogP contribution is 2.45. The summed E-state index contributed by atoms with van der Waals surface area (Å²) in [4.78, 5) is 21.8. The molecule has 0 saturated heterocycles. The topological polar surface area (TPSA) is 72.7 Å². The lowest BCUT2D eigenvalue weighted by atomic mass is 9.73. The quantitative estimate of drug-likeness (QED) is 0.850.